The highest BCUT2D eigenvalue weighted by molar-refractivity contribution is 5.85. The Bertz CT molecular complexity index is 479. The summed E-state index contributed by atoms with van der Waals surface area (Å²) in [5.74, 6) is 0.523. The van der Waals surface area contributed by atoms with Crippen LogP contribution in [0.1, 0.15) is 10.4 Å². The highest BCUT2D eigenvalue weighted by atomic mass is 16.5. The molecule has 0 aliphatic carbocycles. The first-order valence-corrected chi connectivity index (χ1v) is 4.36. The van der Waals surface area contributed by atoms with Gasteiger partial charge in [-0.2, -0.15) is 4.98 Å². The fourth-order valence-electron chi connectivity index (χ4n) is 1.27. The number of aldehydes is 1. The lowest BCUT2D eigenvalue weighted by Gasteiger charge is -1.98. The number of nitrogens with zero attached hydrogens (tertiary/aromatic N) is 2. The average molecular weight is 203 g/mol. The Labute approximate surface area is 86.1 Å². The predicted molar refractivity (Wildman–Crippen MR) is 53.8 cm³/mol. The van der Waals surface area contributed by atoms with Crippen LogP contribution in [0.4, 0.5) is 0 Å². The molecule has 2 rings (SSSR count). The fourth-order valence-corrected chi connectivity index (χ4v) is 1.27. The van der Waals surface area contributed by atoms with Crippen LogP contribution in [0, 0.1) is 0 Å². The van der Waals surface area contributed by atoms with Gasteiger partial charge in [0.25, 0.3) is 0 Å². The highest BCUT2D eigenvalue weighted by Gasteiger charge is 2.08. The predicted octanol–water partition coefficient (Wildman–Crippen LogP) is 1.29. The van der Waals surface area contributed by atoms with Gasteiger partial charge in [-0.3, -0.25) is 9.89 Å². The molecule has 0 saturated carbocycles. The maximum Gasteiger partial charge on any atom is 0.335 e. The van der Waals surface area contributed by atoms with Gasteiger partial charge in [-0.25, -0.2) is 0 Å². The third kappa shape index (κ3) is 1.71. The van der Waals surface area contributed by atoms with Gasteiger partial charge in [0.15, 0.2) is 12.1 Å². The number of carbonyl (C=O) groups is 1. The normalized spacial score (nSPS) is 9.93. The van der Waals surface area contributed by atoms with Gasteiger partial charge in [-0.15, -0.1) is 5.10 Å². The Kier molecular flexibility index (Phi) is 2.45. The number of aromatic amines is 1. The molecule has 0 saturated heterocycles. The number of hydrogen-bond donors (Lipinski definition) is 1. The molecule has 0 fully saturated rings. The second kappa shape index (κ2) is 3.91. The van der Waals surface area contributed by atoms with Gasteiger partial charge in [0, 0.05) is 11.1 Å². The molecule has 1 N–H and O–H groups in total. The molecule has 0 aliphatic heterocycles. The van der Waals surface area contributed by atoms with E-state index in [1.54, 1.807) is 18.2 Å². The molecule has 2 aromatic rings. The van der Waals surface area contributed by atoms with Crippen LogP contribution >= 0.6 is 0 Å². The van der Waals surface area contributed by atoms with Crippen molar-refractivity contribution in [3.63, 3.8) is 0 Å². The van der Waals surface area contributed by atoms with Crippen molar-refractivity contribution in [3.05, 3.63) is 29.8 Å². The standard InChI is InChI=1S/C10H9N3O2/c1-15-10-11-9(12-13-10)8-5-3-2-4-7(8)6-14/h2-6H,1H3,(H,11,12,13). The summed E-state index contributed by atoms with van der Waals surface area (Å²) in [6, 6.07) is 7.39. The van der Waals surface area contributed by atoms with Crippen molar-refractivity contribution in [2.75, 3.05) is 7.11 Å². The minimum absolute atomic E-state index is 0.255. The Hall–Kier alpha value is -2.17. The van der Waals surface area contributed by atoms with E-state index >= 15 is 0 Å². The van der Waals surface area contributed by atoms with Crippen LogP contribution in [0.2, 0.25) is 0 Å². The van der Waals surface area contributed by atoms with Gasteiger partial charge in [0.2, 0.25) is 0 Å². The van der Waals surface area contributed by atoms with Gasteiger partial charge < -0.3 is 4.74 Å². The number of ether oxygens (including phenoxy) is 1. The van der Waals surface area contributed by atoms with Crippen LogP contribution in [0.15, 0.2) is 24.3 Å². The second-order valence-corrected chi connectivity index (χ2v) is 2.88. The molecule has 5 nitrogen and oxygen atoms in total. The zero-order valence-corrected chi connectivity index (χ0v) is 8.10. The van der Waals surface area contributed by atoms with Crippen molar-refractivity contribution in [3.8, 4) is 17.4 Å². The summed E-state index contributed by atoms with van der Waals surface area (Å²) in [7, 11) is 1.48. The SMILES string of the molecule is COc1n[nH]c(-c2ccccc2C=O)n1. The van der Waals surface area contributed by atoms with E-state index in [0.29, 0.717) is 17.0 Å². The van der Waals surface area contributed by atoms with E-state index in [0.717, 1.165) is 6.29 Å². The summed E-state index contributed by atoms with van der Waals surface area (Å²) < 4.78 is 4.85. The quantitative estimate of drug-likeness (QED) is 0.763. The van der Waals surface area contributed by atoms with E-state index in [9.17, 15) is 4.79 Å². The Morgan fingerprint density at radius 1 is 1.40 bits per heavy atom. The van der Waals surface area contributed by atoms with Crippen LogP contribution in [-0.4, -0.2) is 28.6 Å². The number of rotatable bonds is 3. The summed E-state index contributed by atoms with van der Waals surface area (Å²) in [6.45, 7) is 0. The highest BCUT2D eigenvalue weighted by Crippen LogP contribution is 2.19. The van der Waals surface area contributed by atoms with Crippen LogP contribution in [0.5, 0.6) is 6.01 Å². The minimum Gasteiger partial charge on any atom is -0.466 e. The molecule has 15 heavy (non-hydrogen) atoms. The van der Waals surface area contributed by atoms with Crippen molar-refractivity contribution in [2.24, 2.45) is 0 Å². The lowest BCUT2D eigenvalue weighted by Crippen LogP contribution is -1.88. The molecule has 1 aromatic heterocycles. The number of aromatic nitrogens is 3. The number of H-pyrrole nitrogens is 1. The number of methoxy groups -OCH3 is 1. The molecule has 0 bridgehead atoms. The maximum absolute atomic E-state index is 10.8. The van der Waals surface area contributed by atoms with Crippen LogP contribution in [-0.2, 0) is 0 Å². The summed E-state index contributed by atoms with van der Waals surface area (Å²) in [5, 5.41) is 6.51. The minimum atomic E-state index is 0.255. The van der Waals surface area contributed by atoms with E-state index in [-0.39, 0.29) is 6.01 Å². The Balaban J connectivity index is 2.48. The third-order valence-electron chi connectivity index (χ3n) is 1.99. The van der Waals surface area contributed by atoms with Gasteiger partial charge in [0.1, 0.15) is 0 Å². The molecular weight excluding hydrogens is 194 g/mol. The third-order valence-corrected chi connectivity index (χ3v) is 1.99. The van der Waals surface area contributed by atoms with Crippen molar-refractivity contribution in [2.45, 2.75) is 0 Å². The zero-order chi connectivity index (χ0) is 10.7. The number of benzene rings is 1. The number of nitrogens with one attached hydrogen (secondary N) is 1. The molecule has 0 amide bonds. The van der Waals surface area contributed by atoms with Gasteiger partial charge in [-0.1, -0.05) is 24.3 Å². The van der Waals surface area contributed by atoms with Gasteiger partial charge in [0.05, 0.1) is 7.11 Å². The molecule has 0 radical (unpaired) electrons. The second-order valence-electron chi connectivity index (χ2n) is 2.88. The molecule has 0 aliphatic rings. The Morgan fingerprint density at radius 3 is 2.87 bits per heavy atom. The first-order chi connectivity index (χ1) is 7.35. The smallest absolute Gasteiger partial charge is 0.335 e. The van der Waals surface area contributed by atoms with E-state index in [4.69, 9.17) is 4.74 Å². The molecule has 5 heteroatoms. The zero-order valence-electron chi connectivity index (χ0n) is 8.10. The molecule has 76 valence electrons. The topological polar surface area (TPSA) is 67.9 Å². The van der Waals surface area contributed by atoms with Crippen molar-refractivity contribution < 1.29 is 9.53 Å². The van der Waals surface area contributed by atoms with Gasteiger partial charge in [-0.05, 0) is 0 Å². The van der Waals surface area contributed by atoms with Crippen molar-refractivity contribution in [1.82, 2.24) is 15.2 Å². The molecular formula is C10H9N3O2. The molecule has 1 heterocycles. The Morgan fingerprint density at radius 2 is 2.20 bits per heavy atom. The first-order valence-electron chi connectivity index (χ1n) is 4.36. The van der Waals surface area contributed by atoms with E-state index in [1.807, 2.05) is 6.07 Å². The summed E-state index contributed by atoms with van der Waals surface area (Å²) >= 11 is 0. The summed E-state index contributed by atoms with van der Waals surface area (Å²) in [5.41, 5.74) is 1.28. The largest absolute Gasteiger partial charge is 0.466 e. The van der Waals surface area contributed by atoms with Crippen LogP contribution in [0.25, 0.3) is 11.4 Å². The average Bonchev–Trinajstić information content (AvgIpc) is 2.77. The lowest BCUT2D eigenvalue weighted by atomic mass is 10.1. The van der Waals surface area contributed by atoms with Crippen LogP contribution in [0.3, 0.4) is 0 Å². The summed E-state index contributed by atoms with van der Waals surface area (Å²) in [6.07, 6.45) is 0.782. The molecule has 0 atom stereocenters. The van der Waals surface area contributed by atoms with Gasteiger partial charge >= 0.3 is 6.01 Å². The maximum atomic E-state index is 10.8. The molecule has 0 spiro atoms. The molecule has 0 unspecified atom stereocenters. The monoisotopic (exact) mass is 203 g/mol. The number of hydrogen-bond acceptors (Lipinski definition) is 4. The van der Waals surface area contributed by atoms with Crippen LogP contribution < -0.4 is 4.74 Å². The first kappa shape index (κ1) is 9.39. The fraction of sp³-hybridized carbons (Fsp3) is 0.100. The number of carbonyl (C=O) groups excluding carboxylic acids is 1. The van der Waals surface area contributed by atoms with Crippen molar-refractivity contribution in [1.29, 1.82) is 0 Å². The van der Waals surface area contributed by atoms with E-state index in [1.165, 1.54) is 7.11 Å². The summed E-state index contributed by atoms with van der Waals surface area (Å²) in [4.78, 5) is 14.8. The van der Waals surface area contributed by atoms with E-state index in [2.05, 4.69) is 15.2 Å². The van der Waals surface area contributed by atoms with Crippen molar-refractivity contribution >= 4 is 6.29 Å². The van der Waals surface area contributed by atoms with E-state index < -0.39 is 0 Å². The molecule has 1 aromatic carbocycles. The lowest BCUT2D eigenvalue weighted by molar-refractivity contribution is 0.112.